The van der Waals surface area contributed by atoms with Gasteiger partial charge < -0.3 is 4.52 Å². The summed E-state index contributed by atoms with van der Waals surface area (Å²) in [5, 5.41) is 10.6. The Bertz CT molecular complexity index is 946. The highest BCUT2D eigenvalue weighted by atomic mass is 32.2. The highest BCUT2D eigenvalue weighted by Gasteiger charge is 2.33. The Morgan fingerprint density at radius 3 is 2.96 bits per heavy atom. The molecular weight excluding hydrogens is 360 g/mol. The number of sulfonamides is 1. The van der Waals surface area contributed by atoms with Crippen molar-refractivity contribution >= 4 is 21.4 Å². The smallest absolute Gasteiger partial charge is 0.244 e. The van der Waals surface area contributed by atoms with Crippen molar-refractivity contribution in [2.24, 2.45) is 0 Å². The van der Waals surface area contributed by atoms with Crippen molar-refractivity contribution in [3.63, 3.8) is 0 Å². The van der Waals surface area contributed by atoms with E-state index in [9.17, 15) is 8.42 Å². The van der Waals surface area contributed by atoms with Crippen LogP contribution in [0.15, 0.2) is 40.0 Å². The van der Waals surface area contributed by atoms with Gasteiger partial charge >= 0.3 is 0 Å². The highest BCUT2D eigenvalue weighted by Crippen LogP contribution is 2.36. The molecule has 1 N–H and O–H groups in total. The summed E-state index contributed by atoms with van der Waals surface area (Å²) in [6.45, 7) is 2.84. The molecule has 4 heterocycles. The second-order valence-corrected chi connectivity index (χ2v) is 9.28. The lowest BCUT2D eigenvalue weighted by Gasteiger charge is -2.31. The zero-order valence-electron chi connectivity index (χ0n) is 13.7. The first-order chi connectivity index (χ1) is 12.1. The molecule has 3 aromatic heterocycles. The van der Waals surface area contributed by atoms with Crippen LogP contribution in [0.5, 0.6) is 0 Å². The predicted octanol–water partition coefficient (Wildman–Crippen LogP) is 3.00. The fourth-order valence-corrected chi connectivity index (χ4v) is 6.27. The largest absolute Gasteiger partial charge is 0.355 e. The summed E-state index contributed by atoms with van der Waals surface area (Å²) in [7, 11) is -3.54. The average Bonchev–Trinajstić information content (AvgIpc) is 3.36. The quantitative estimate of drug-likeness (QED) is 0.753. The maximum absolute atomic E-state index is 13.2. The Morgan fingerprint density at radius 2 is 2.24 bits per heavy atom. The molecule has 0 aliphatic carbocycles. The Hall–Kier alpha value is -1.97. The summed E-state index contributed by atoms with van der Waals surface area (Å²) >= 11 is 1.41. The lowest BCUT2D eigenvalue weighted by Crippen LogP contribution is -2.39. The van der Waals surface area contributed by atoms with Crippen LogP contribution in [-0.2, 0) is 10.0 Å². The second kappa shape index (κ2) is 6.40. The lowest BCUT2D eigenvalue weighted by atomic mass is 9.96. The fraction of sp³-hybridized carbons (Fsp3) is 0.375. The first-order valence-electron chi connectivity index (χ1n) is 8.06. The van der Waals surface area contributed by atoms with Crippen LogP contribution < -0.4 is 0 Å². The van der Waals surface area contributed by atoms with Crippen molar-refractivity contribution in [2.45, 2.75) is 30.6 Å². The molecule has 132 valence electrons. The molecule has 0 spiro atoms. The van der Waals surface area contributed by atoms with Gasteiger partial charge in [0.2, 0.25) is 10.0 Å². The van der Waals surface area contributed by atoms with Gasteiger partial charge in [-0.1, -0.05) is 5.16 Å². The van der Waals surface area contributed by atoms with E-state index in [1.165, 1.54) is 11.3 Å². The van der Waals surface area contributed by atoms with Gasteiger partial charge in [-0.3, -0.25) is 5.10 Å². The van der Waals surface area contributed by atoms with E-state index < -0.39 is 10.0 Å². The van der Waals surface area contributed by atoms with Gasteiger partial charge in [0, 0.05) is 41.8 Å². The maximum atomic E-state index is 13.2. The molecule has 25 heavy (non-hydrogen) atoms. The number of aromatic amines is 1. The summed E-state index contributed by atoms with van der Waals surface area (Å²) in [6.07, 6.45) is 5.05. The number of nitrogens with one attached hydrogen (secondary N) is 1. The van der Waals surface area contributed by atoms with Crippen LogP contribution in [0.1, 0.15) is 29.3 Å². The van der Waals surface area contributed by atoms with E-state index in [1.807, 2.05) is 13.0 Å². The predicted molar refractivity (Wildman–Crippen MR) is 93.9 cm³/mol. The number of aromatic nitrogens is 3. The van der Waals surface area contributed by atoms with Gasteiger partial charge in [-0.2, -0.15) is 9.40 Å². The van der Waals surface area contributed by atoms with Gasteiger partial charge in [-0.15, -0.1) is 11.3 Å². The minimum absolute atomic E-state index is 0.152. The first-order valence-corrected chi connectivity index (χ1v) is 10.3. The van der Waals surface area contributed by atoms with Gasteiger partial charge in [0.15, 0.2) is 5.76 Å². The number of aryl methyl sites for hydroxylation is 1. The van der Waals surface area contributed by atoms with E-state index in [4.69, 9.17) is 4.52 Å². The maximum Gasteiger partial charge on any atom is 0.244 e. The number of nitrogens with zero attached hydrogens (tertiary/aromatic N) is 3. The van der Waals surface area contributed by atoms with Crippen LogP contribution in [-0.4, -0.2) is 41.2 Å². The molecule has 1 saturated heterocycles. The van der Waals surface area contributed by atoms with Crippen LogP contribution in [0.2, 0.25) is 0 Å². The molecule has 9 heteroatoms. The fourth-order valence-electron chi connectivity index (χ4n) is 3.23. The minimum Gasteiger partial charge on any atom is -0.355 e. The second-order valence-electron chi connectivity index (χ2n) is 6.12. The van der Waals surface area contributed by atoms with Crippen molar-refractivity contribution in [3.8, 4) is 10.6 Å². The van der Waals surface area contributed by atoms with Crippen molar-refractivity contribution in [2.75, 3.05) is 13.1 Å². The average molecular weight is 378 g/mol. The van der Waals surface area contributed by atoms with E-state index >= 15 is 0 Å². The molecule has 1 fully saturated rings. The Balaban J connectivity index is 1.63. The SMILES string of the molecule is Cc1sc(-c2ccno2)cc1S(=O)(=O)N1CCCC(c2ccn[nH]2)C1. The van der Waals surface area contributed by atoms with Crippen LogP contribution >= 0.6 is 11.3 Å². The van der Waals surface area contributed by atoms with Gasteiger partial charge in [-0.05, 0) is 31.9 Å². The summed E-state index contributed by atoms with van der Waals surface area (Å²) in [5.41, 5.74) is 0.990. The molecule has 1 aliphatic rings. The number of thiophene rings is 1. The van der Waals surface area contributed by atoms with Crippen molar-refractivity contribution in [1.82, 2.24) is 19.7 Å². The number of hydrogen-bond donors (Lipinski definition) is 1. The minimum atomic E-state index is -3.54. The van der Waals surface area contributed by atoms with Crippen molar-refractivity contribution in [1.29, 1.82) is 0 Å². The standard InChI is InChI=1S/C16H18N4O3S2/c1-11-16(9-15(24-11)14-5-7-18-23-14)25(21,22)20-8-2-3-12(10-20)13-4-6-17-19-13/h4-7,9,12H,2-3,8,10H2,1H3,(H,17,19). The van der Waals surface area contributed by atoms with Crippen molar-refractivity contribution < 1.29 is 12.9 Å². The molecule has 7 nitrogen and oxygen atoms in total. The molecule has 1 atom stereocenters. The molecule has 0 radical (unpaired) electrons. The molecule has 0 amide bonds. The molecule has 0 bridgehead atoms. The lowest BCUT2D eigenvalue weighted by molar-refractivity contribution is 0.312. The third-order valence-corrected chi connectivity index (χ3v) is 7.70. The highest BCUT2D eigenvalue weighted by molar-refractivity contribution is 7.89. The number of piperidine rings is 1. The molecule has 1 aliphatic heterocycles. The molecule has 1 unspecified atom stereocenters. The third kappa shape index (κ3) is 3.03. The van der Waals surface area contributed by atoms with Crippen LogP contribution in [0.4, 0.5) is 0 Å². The molecule has 0 saturated carbocycles. The zero-order chi connectivity index (χ0) is 17.4. The number of rotatable bonds is 4. The van der Waals surface area contributed by atoms with Gasteiger partial charge in [0.05, 0.1) is 16.0 Å². The van der Waals surface area contributed by atoms with Crippen LogP contribution in [0, 0.1) is 6.92 Å². The summed E-state index contributed by atoms with van der Waals surface area (Å²) < 4.78 is 33.1. The van der Waals surface area contributed by atoms with E-state index in [0.717, 1.165) is 28.3 Å². The summed E-state index contributed by atoms with van der Waals surface area (Å²) in [5.74, 6) is 0.738. The summed E-state index contributed by atoms with van der Waals surface area (Å²) in [4.78, 5) is 1.89. The van der Waals surface area contributed by atoms with E-state index in [-0.39, 0.29) is 5.92 Å². The molecular formula is C16H18N4O3S2. The zero-order valence-corrected chi connectivity index (χ0v) is 15.3. The molecule has 3 aromatic rings. The van der Waals surface area contributed by atoms with Gasteiger partial charge in [0.25, 0.3) is 0 Å². The van der Waals surface area contributed by atoms with E-state index in [0.29, 0.717) is 23.7 Å². The van der Waals surface area contributed by atoms with Crippen LogP contribution in [0.25, 0.3) is 10.6 Å². The monoisotopic (exact) mass is 378 g/mol. The van der Waals surface area contributed by atoms with Gasteiger partial charge in [-0.25, -0.2) is 8.42 Å². The van der Waals surface area contributed by atoms with E-state index in [1.54, 1.807) is 28.8 Å². The number of H-pyrrole nitrogens is 1. The number of hydrogen-bond acceptors (Lipinski definition) is 6. The third-order valence-electron chi connectivity index (χ3n) is 4.52. The Morgan fingerprint density at radius 1 is 1.36 bits per heavy atom. The van der Waals surface area contributed by atoms with E-state index in [2.05, 4.69) is 15.4 Å². The van der Waals surface area contributed by atoms with Crippen LogP contribution in [0.3, 0.4) is 0 Å². The topological polar surface area (TPSA) is 92.1 Å². The first kappa shape index (κ1) is 16.5. The molecule has 0 aromatic carbocycles. The molecule has 4 rings (SSSR count). The van der Waals surface area contributed by atoms with Crippen molar-refractivity contribution in [3.05, 3.63) is 41.2 Å². The summed E-state index contributed by atoms with van der Waals surface area (Å²) in [6, 6.07) is 5.34. The Labute approximate surface area is 149 Å². The Kier molecular flexibility index (Phi) is 4.22. The van der Waals surface area contributed by atoms with Gasteiger partial charge in [0.1, 0.15) is 0 Å². The normalized spacial score (nSPS) is 19.3.